The van der Waals surface area contributed by atoms with Crippen molar-refractivity contribution in [2.24, 2.45) is 0 Å². The molecule has 2 aliphatic rings. The Morgan fingerprint density at radius 1 is 1.22 bits per heavy atom. The maximum atomic E-state index is 12.0. The summed E-state index contributed by atoms with van der Waals surface area (Å²) in [6.45, 7) is 8.66. The van der Waals surface area contributed by atoms with E-state index in [0.29, 0.717) is 6.04 Å². The predicted octanol–water partition coefficient (Wildman–Crippen LogP) is 2.53. The smallest absolute Gasteiger partial charge is 0.410 e. The third kappa shape index (κ3) is 3.87. The number of likely N-dealkylation sites (tertiary alicyclic amines) is 1. The Labute approximate surface area is 110 Å². The number of piperidine rings is 1. The lowest BCUT2D eigenvalue weighted by atomic mass is 9.98. The standard InChI is InChI=1S/C14H26N2O2/c1-10-9-12(15-11-5-6-11)7-8-16(10)13(17)18-14(2,3)4/h10-12,15H,5-9H2,1-4H3. The van der Waals surface area contributed by atoms with Crippen molar-refractivity contribution in [3.05, 3.63) is 0 Å². The van der Waals surface area contributed by atoms with E-state index in [-0.39, 0.29) is 12.1 Å². The highest BCUT2D eigenvalue weighted by molar-refractivity contribution is 5.68. The summed E-state index contributed by atoms with van der Waals surface area (Å²) in [5.74, 6) is 0. The Bertz CT molecular complexity index is 307. The van der Waals surface area contributed by atoms with Gasteiger partial charge >= 0.3 is 6.09 Å². The first-order valence-electron chi connectivity index (χ1n) is 7.11. The number of nitrogens with one attached hydrogen (secondary N) is 1. The van der Waals surface area contributed by atoms with Gasteiger partial charge in [-0.15, -0.1) is 0 Å². The summed E-state index contributed by atoms with van der Waals surface area (Å²) in [5, 5.41) is 3.65. The number of nitrogens with zero attached hydrogens (tertiary/aromatic N) is 1. The summed E-state index contributed by atoms with van der Waals surface area (Å²) in [4.78, 5) is 13.9. The molecule has 0 aromatic heterocycles. The van der Waals surface area contributed by atoms with Gasteiger partial charge in [0.25, 0.3) is 0 Å². The van der Waals surface area contributed by atoms with Crippen molar-refractivity contribution in [3.63, 3.8) is 0 Å². The second-order valence-corrected chi connectivity index (χ2v) is 6.68. The quantitative estimate of drug-likeness (QED) is 0.823. The zero-order valence-electron chi connectivity index (χ0n) is 12.0. The SMILES string of the molecule is CC1CC(NC2CC2)CCN1C(=O)OC(C)(C)C. The van der Waals surface area contributed by atoms with Crippen molar-refractivity contribution in [2.75, 3.05) is 6.54 Å². The van der Waals surface area contributed by atoms with Crippen molar-refractivity contribution < 1.29 is 9.53 Å². The molecule has 2 atom stereocenters. The van der Waals surface area contributed by atoms with Gasteiger partial charge in [0.2, 0.25) is 0 Å². The lowest BCUT2D eigenvalue weighted by Crippen LogP contribution is -2.51. The molecule has 104 valence electrons. The van der Waals surface area contributed by atoms with E-state index in [0.717, 1.165) is 25.4 Å². The highest BCUT2D eigenvalue weighted by Gasteiger charge is 2.33. The number of amides is 1. The molecule has 1 N–H and O–H groups in total. The minimum Gasteiger partial charge on any atom is -0.444 e. The minimum atomic E-state index is -0.403. The fourth-order valence-corrected chi connectivity index (χ4v) is 2.50. The van der Waals surface area contributed by atoms with Gasteiger partial charge in [-0.25, -0.2) is 4.79 Å². The summed E-state index contributed by atoms with van der Waals surface area (Å²) in [6.07, 6.45) is 4.55. The van der Waals surface area contributed by atoms with Crippen LogP contribution in [0.4, 0.5) is 4.79 Å². The van der Waals surface area contributed by atoms with E-state index in [1.54, 1.807) is 0 Å². The second-order valence-electron chi connectivity index (χ2n) is 6.68. The first-order valence-corrected chi connectivity index (χ1v) is 7.11. The van der Waals surface area contributed by atoms with Crippen LogP contribution in [0.25, 0.3) is 0 Å². The lowest BCUT2D eigenvalue weighted by Gasteiger charge is -2.38. The largest absolute Gasteiger partial charge is 0.444 e. The highest BCUT2D eigenvalue weighted by Crippen LogP contribution is 2.25. The number of hydrogen-bond acceptors (Lipinski definition) is 3. The molecule has 1 heterocycles. The molecule has 2 unspecified atom stereocenters. The minimum absolute atomic E-state index is 0.167. The molecule has 0 aromatic carbocycles. The zero-order chi connectivity index (χ0) is 13.3. The molecule has 1 saturated carbocycles. The van der Waals surface area contributed by atoms with E-state index in [1.165, 1.54) is 12.8 Å². The van der Waals surface area contributed by atoms with Crippen LogP contribution in [-0.2, 0) is 4.74 Å². The third-order valence-corrected chi connectivity index (χ3v) is 3.55. The molecule has 4 nitrogen and oxygen atoms in total. The van der Waals surface area contributed by atoms with Gasteiger partial charge < -0.3 is 15.0 Å². The average Bonchev–Trinajstić information content (AvgIpc) is 2.98. The molecule has 0 radical (unpaired) electrons. The molecule has 1 aliphatic heterocycles. The molecule has 2 fully saturated rings. The van der Waals surface area contributed by atoms with Gasteiger partial charge in [-0.3, -0.25) is 0 Å². The first kappa shape index (κ1) is 13.7. The van der Waals surface area contributed by atoms with Gasteiger partial charge in [-0.1, -0.05) is 0 Å². The third-order valence-electron chi connectivity index (χ3n) is 3.55. The van der Waals surface area contributed by atoms with Gasteiger partial charge in [-0.05, 0) is 53.4 Å². The van der Waals surface area contributed by atoms with Crippen LogP contribution < -0.4 is 5.32 Å². The van der Waals surface area contributed by atoms with Crippen LogP contribution in [0.5, 0.6) is 0 Å². The Morgan fingerprint density at radius 3 is 2.39 bits per heavy atom. The Kier molecular flexibility index (Phi) is 3.85. The van der Waals surface area contributed by atoms with Crippen LogP contribution in [0.1, 0.15) is 53.4 Å². The number of carbonyl (C=O) groups is 1. The molecule has 1 amide bonds. The van der Waals surface area contributed by atoms with Crippen molar-refractivity contribution in [3.8, 4) is 0 Å². The molecule has 1 aliphatic carbocycles. The fourth-order valence-electron chi connectivity index (χ4n) is 2.50. The molecule has 18 heavy (non-hydrogen) atoms. The predicted molar refractivity (Wildman–Crippen MR) is 71.6 cm³/mol. The Balaban J connectivity index is 1.82. The van der Waals surface area contributed by atoms with Crippen LogP contribution in [0.3, 0.4) is 0 Å². The number of carbonyl (C=O) groups excluding carboxylic acids is 1. The average molecular weight is 254 g/mol. The van der Waals surface area contributed by atoms with Crippen molar-refractivity contribution >= 4 is 6.09 Å². The van der Waals surface area contributed by atoms with E-state index in [2.05, 4.69) is 12.2 Å². The van der Waals surface area contributed by atoms with Gasteiger partial charge in [0.1, 0.15) is 5.60 Å². The Morgan fingerprint density at radius 2 is 1.89 bits per heavy atom. The van der Waals surface area contributed by atoms with Gasteiger partial charge in [0.05, 0.1) is 0 Å². The molecular formula is C14H26N2O2. The van der Waals surface area contributed by atoms with Crippen LogP contribution in [0.15, 0.2) is 0 Å². The molecule has 2 rings (SSSR count). The number of rotatable bonds is 2. The van der Waals surface area contributed by atoms with Gasteiger partial charge in [0, 0.05) is 24.7 Å². The monoisotopic (exact) mass is 254 g/mol. The molecular weight excluding hydrogens is 228 g/mol. The molecule has 0 spiro atoms. The van der Waals surface area contributed by atoms with Crippen LogP contribution in [-0.4, -0.2) is 41.3 Å². The first-order chi connectivity index (χ1) is 8.35. The van der Waals surface area contributed by atoms with Crippen molar-refractivity contribution in [1.82, 2.24) is 10.2 Å². The van der Waals surface area contributed by atoms with Gasteiger partial charge in [-0.2, -0.15) is 0 Å². The maximum Gasteiger partial charge on any atom is 0.410 e. The molecule has 0 bridgehead atoms. The maximum absolute atomic E-state index is 12.0. The van der Waals surface area contributed by atoms with Gasteiger partial charge in [0.15, 0.2) is 0 Å². The topological polar surface area (TPSA) is 41.6 Å². The molecule has 1 saturated heterocycles. The van der Waals surface area contributed by atoms with E-state index < -0.39 is 5.60 Å². The highest BCUT2D eigenvalue weighted by atomic mass is 16.6. The zero-order valence-corrected chi connectivity index (χ0v) is 12.0. The summed E-state index contributed by atoms with van der Waals surface area (Å²) < 4.78 is 5.44. The fraction of sp³-hybridized carbons (Fsp3) is 0.929. The van der Waals surface area contributed by atoms with Crippen LogP contribution in [0, 0.1) is 0 Å². The summed E-state index contributed by atoms with van der Waals surface area (Å²) in [7, 11) is 0. The summed E-state index contributed by atoms with van der Waals surface area (Å²) in [6, 6.07) is 1.59. The van der Waals surface area contributed by atoms with Crippen LogP contribution in [0.2, 0.25) is 0 Å². The van der Waals surface area contributed by atoms with E-state index in [1.807, 2.05) is 25.7 Å². The Hall–Kier alpha value is -0.770. The van der Waals surface area contributed by atoms with Crippen molar-refractivity contribution in [2.45, 2.75) is 77.1 Å². The second kappa shape index (κ2) is 5.08. The van der Waals surface area contributed by atoms with E-state index in [4.69, 9.17) is 4.74 Å². The number of ether oxygens (including phenoxy) is 1. The van der Waals surface area contributed by atoms with Crippen molar-refractivity contribution in [1.29, 1.82) is 0 Å². The van der Waals surface area contributed by atoms with E-state index >= 15 is 0 Å². The summed E-state index contributed by atoms with van der Waals surface area (Å²) in [5.41, 5.74) is -0.403. The number of hydrogen-bond donors (Lipinski definition) is 1. The van der Waals surface area contributed by atoms with E-state index in [9.17, 15) is 4.79 Å². The van der Waals surface area contributed by atoms with Crippen LogP contribution >= 0.6 is 0 Å². The lowest BCUT2D eigenvalue weighted by molar-refractivity contribution is 0.00934. The molecule has 4 heteroatoms. The normalized spacial score (nSPS) is 29.2. The molecule has 0 aromatic rings. The summed E-state index contributed by atoms with van der Waals surface area (Å²) >= 11 is 0.